The molecule has 1 aromatic heterocycles. The fourth-order valence-corrected chi connectivity index (χ4v) is 4.21. The quantitative estimate of drug-likeness (QED) is 0.164. The lowest BCUT2D eigenvalue weighted by Gasteiger charge is -2.12. The number of allylic oxidation sites excluding steroid dienone is 5. The largest absolute Gasteiger partial charge is 0.497 e. The van der Waals surface area contributed by atoms with E-state index >= 15 is 0 Å². The van der Waals surface area contributed by atoms with Gasteiger partial charge in [-0.2, -0.15) is 0 Å². The number of alkyl halides is 1. The van der Waals surface area contributed by atoms with Gasteiger partial charge in [0.05, 0.1) is 7.11 Å². The third-order valence-electron chi connectivity index (χ3n) is 5.98. The SMILES string of the molecule is C=C/C=C(\C/C=C\CCl)Cn1c(C)c(Cc2ccc(OC(C)C(=O)O)cc2)c2cc(OC)ccc21.CO. The van der Waals surface area contributed by atoms with Crippen molar-refractivity contribution in [2.75, 3.05) is 20.1 Å². The number of aliphatic hydroxyl groups is 1. The second-order valence-corrected chi connectivity index (χ2v) is 8.65. The van der Waals surface area contributed by atoms with E-state index in [2.05, 4.69) is 42.4 Å². The molecule has 0 bridgehead atoms. The molecule has 7 heteroatoms. The maximum absolute atomic E-state index is 11.1. The van der Waals surface area contributed by atoms with Gasteiger partial charge in [-0.3, -0.25) is 0 Å². The van der Waals surface area contributed by atoms with Crippen molar-refractivity contribution < 1.29 is 24.5 Å². The van der Waals surface area contributed by atoms with Gasteiger partial charge in [-0.05, 0) is 73.7 Å². The molecule has 2 aromatic carbocycles. The number of ether oxygens (including phenoxy) is 2. The summed E-state index contributed by atoms with van der Waals surface area (Å²) in [5.41, 5.74) is 5.89. The minimum atomic E-state index is -0.991. The number of benzene rings is 2. The summed E-state index contributed by atoms with van der Waals surface area (Å²) >= 11 is 5.81. The van der Waals surface area contributed by atoms with Crippen LogP contribution in [0, 0.1) is 6.92 Å². The van der Waals surface area contributed by atoms with Crippen LogP contribution in [0.5, 0.6) is 11.5 Å². The van der Waals surface area contributed by atoms with Crippen molar-refractivity contribution in [3.63, 3.8) is 0 Å². The number of aromatic nitrogens is 1. The van der Waals surface area contributed by atoms with Crippen LogP contribution in [-0.2, 0) is 17.8 Å². The number of carboxylic acid groups (broad SMARTS) is 1. The minimum absolute atomic E-state index is 0.496. The van der Waals surface area contributed by atoms with Crippen molar-refractivity contribution in [2.24, 2.45) is 0 Å². The topological polar surface area (TPSA) is 80.9 Å². The van der Waals surface area contributed by atoms with Crippen molar-refractivity contribution in [3.05, 3.63) is 95.7 Å². The molecular formula is C30H36ClNO5. The van der Waals surface area contributed by atoms with Crippen molar-refractivity contribution in [1.82, 2.24) is 4.57 Å². The zero-order valence-corrected chi connectivity index (χ0v) is 22.7. The molecule has 1 atom stereocenters. The lowest BCUT2D eigenvalue weighted by Crippen LogP contribution is -2.22. The van der Waals surface area contributed by atoms with Crippen LogP contribution in [-0.4, -0.2) is 47.0 Å². The average molecular weight is 526 g/mol. The smallest absolute Gasteiger partial charge is 0.344 e. The van der Waals surface area contributed by atoms with Gasteiger partial charge in [0.15, 0.2) is 6.10 Å². The van der Waals surface area contributed by atoms with Gasteiger partial charge in [0.1, 0.15) is 11.5 Å². The summed E-state index contributed by atoms with van der Waals surface area (Å²) in [6.45, 7) is 8.28. The highest BCUT2D eigenvalue weighted by Gasteiger charge is 2.17. The van der Waals surface area contributed by atoms with E-state index in [-0.39, 0.29) is 0 Å². The van der Waals surface area contributed by atoms with E-state index in [1.807, 2.05) is 42.5 Å². The number of fused-ring (bicyclic) bond motifs is 1. The summed E-state index contributed by atoms with van der Waals surface area (Å²) in [7, 11) is 2.68. The van der Waals surface area contributed by atoms with Gasteiger partial charge in [0, 0.05) is 36.1 Å². The highest BCUT2D eigenvalue weighted by Crippen LogP contribution is 2.32. The van der Waals surface area contributed by atoms with Crippen LogP contribution >= 0.6 is 11.6 Å². The van der Waals surface area contributed by atoms with Crippen LogP contribution in [0.15, 0.2) is 78.9 Å². The van der Waals surface area contributed by atoms with Gasteiger partial charge in [0.25, 0.3) is 0 Å². The summed E-state index contributed by atoms with van der Waals surface area (Å²) in [6.07, 6.45) is 8.56. The predicted molar refractivity (Wildman–Crippen MR) is 151 cm³/mol. The van der Waals surface area contributed by atoms with Crippen molar-refractivity contribution >= 4 is 28.5 Å². The van der Waals surface area contributed by atoms with Gasteiger partial charge < -0.3 is 24.3 Å². The molecule has 3 rings (SSSR count). The van der Waals surface area contributed by atoms with E-state index in [4.69, 9.17) is 31.3 Å². The van der Waals surface area contributed by atoms with E-state index in [0.717, 1.165) is 48.7 Å². The standard InChI is InChI=1S/C29H32ClNO4.CH4O/c1-5-8-23(9-6-7-16-30)19-31-20(2)26(27-18-25(34-4)14-15-28(27)31)17-22-10-12-24(13-11-22)35-21(3)29(32)33;1-2/h5-8,10-15,18,21H,1,9,16-17,19H2,2-4H3,(H,32,33);2H,1H3/b7-6-,23-8+;. The normalized spacial score (nSPS) is 12.2. The van der Waals surface area contributed by atoms with Crippen LogP contribution in [0.25, 0.3) is 10.9 Å². The molecule has 6 nitrogen and oxygen atoms in total. The van der Waals surface area contributed by atoms with Gasteiger partial charge >= 0.3 is 5.97 Å². The fourth-order valence-electron chi connectivity index (χ4n) is 4.08. The Kier molecular flexibility index (Phi) is 12.0. The van der Waals surface area contributed by atoms with Gasteiger partial charge in [-0.25, -0.2) is 4.79 Å². The number of rotatable bonds is 12. The molecule has 0 radical (unpaired) electrons. The summed E-state index contributed by atoms with van der Waals surface area (Å²) in [5, 5.41) is 17.2. The Morgan fingerprint density at radius 3 is 2.41 bits per heavy atom. The first kappa shape index (κ1) is 29.7. The Bertz CT molecular complexity index is 1240. The Morgan fingerprint density at radius 1 is 1.14 bits per heavy atom. The number of carboxylic acids is 1. The zero-order valence-electron chi connectivity index (χ0n) is 21.9. The van der Waals surface area contributed by atoms with E-state index < -0.39 is 12.1 Å². The van der Waals surface area contributed by atoms with Gasteiger partial charge in [0.2, 0.25) is 0 Å². The molecule has 1 unspecified atom stereocenters. The van der Waals surface area contributed by atoms with E-state index in [9.17, 15) is 4.79 Å². The number of aliphatic hydroxyl groups excluding tert-OH is 1. The molecule has 0 amide bonds. The summed E-state index contributed by atoms with van der Waals surface area (Å²) in [5.74, 6) is 0.855. The summed E-state index contributed by atoms with van der Waals surface area (Å²) < 4.78 is 13.3. The highest BCUT2D eigenvalue weighted by molar-refractivity contribution is 6.18. The molecule has 0 aliphatic carbocycles. The van der Waals surface area contributed by atoms with E-state index in [1.54, 1.807) is 7.11 Å². The third kappa shape index (κ3) is 8.00. The third-order valence-corrected chi connectivity index (χ3v) is 6.15. The molecule has 0 saturated heterocycles. The van der Waals surface area contributed by atoms with E-state index in [0.29, 0.717) is 11.6 Å². The van der Waals surface area contributed by atoms with Crippen LogP contribution in [0.1, 0.15) is 30.2 Å². The van der Waals surface area contributed by atoms with Crippen LogP contribution in [0.4, 0.5) is 0 Å². The van der Waals surface area contributed by atoms with E-state index in [1.165, 1.54) is 23.8 Å². The number of hydrogen-bond acceptors (Lipinski definition) is 4. The second kappa shape index (κ2) is 14.9. The number of nitrogens with zero attached hydrogens (tertiary/aromatic N) is 1. The average Bonchev–Trinajstić information content (AvgIpc) is 3.16. The first-order chi connectivity index (χ1) is 17.9. The first-order valence-electron chi connectivity index (χ1n) is 12.0. The molecule has 0 aliphatic rings. The Morgan fingerprint density at radius 2 is 1.81 bits per heavy atom. The van der Waals surface area contributed by atoms with Crippen molar-refractivity contribution in [1.29, 1.82) is 0 Å². The van der Waals surface area contributed by atoms with Crippen LogP contribution in [0.3, 0.4) is 0 Å². The predicted octanol–water partition coefficient (Wildman–Crippen LogP) is 6.31. The Labute approximate surface area is 224 Å². The number of aliphatic carboxylic acids is 1. The summed E-state index contributed by atoms with van der Waals surface area (Å²) in [4.78, 5) is 11.1. The first-order valence-corrected chi connectivity index (χ1v) is 12.5. The van der Waals surface area contributed by atoms with Crippen LogP contribution < -0.4 is 9.47 Å². The molecule has 3 aromatic rings. The molecule has 2 N–H and O–H groups in total. The second-order valence-electron chi connectivity index (χ2n) is 8.34. The lowest BCUT2D eigenvalue weighted by molar-refractivity contribution is -0.144. The molecule has 198 valence electrons. The van der Waals surface area contributed by atoms with Gasteiger partial charge in [-0.15, -0.1) is 11.6 Å². The number of methoxy groups -OCH3 is 1. The fraction of sp³-hybridized carbons (Fsp3) is 0.300. The molecule has 0 saturated carbocycles. The lowest BCUT2D eigenvalue weighted by atomic mass is 10.0. The number of carbonyl (C=O) groups is 1. The zero-order chi connectivity index (χ0) is 27.4. The maximum Gasteiger partial charge on any atom is 0.344 e. The molecule has 0 fully saturated rings. The van der Waals surface area contributed by atoms with Crippen LogP contribution in [0.2, 0.25) is 0 Å². The number of halogens is 1. The molecule has 0 aliphatic heterocycles. The molecular weight excluding hydrogens is 490 g/mol. The molecule has 0 spiro atoms. The Balaban J connectivity index is 0.00000235. The minimum Gasteiger partial charge on any atom is -0.497 e. The molecule has 1 heterocycles. The number of hydrogen-bond donors (Lipinski definition) is 2. The highest BCUT2D eigenvalue weighted by atomic mass is 35.5. The molecule has 37 heavy (non-hydrogen) atoms. The monoisotopic (exact) mass is 525 g/mol. The van der Waals surface area contributed by atoms with Crippen molar-refractivity contribution in [3.8, 4) is 11.5 Å². The van der Waals surface area contributed by atoms with Gasteiger partial charge in [-0.1, -0.05) is 43.0 Å². The van der Waals surface area contributed by atoms with Crippen molar-refractivity contribution in [2.45, 2.75) is 39.3 Å². The maximum atomic E-state index is 11.1. The Hall–Kier alpha value is -3.48. The summed E-state index contributed by atoms with van der Waals surface area (Å²) in [6, 6.07) is 13.8.